The molecule has 0 aromatic rings. The lowest BCUT2D eigenvalue weighted by atomic mass is 9.93. The second kappa shape index (κ2) is 4.08. The third kappa shape index (κ3) is 2.08. The third-order valence-corrected chi connectivity index (χ3v) is 2.06. The van der Waals surface area contributed by atoms with E-state index in [1.54, 1.807) is 6.08 Å². The van der Waals surface area contributed by atoms with E-state index in [0.717, 1.165) is 12.8 Å². The molecule has 1 aliphatic rings. The van der Waals surface area contributed by atoms with Crippen molar-refractivity contribution < 1.29 is 4.74 Å². The Balaban J connectivity index is 2.80. The Bertz CT molecular complexity index is 243. The van der Waals surface area contributed by atoms with Gasteiger partial charge >= 0.3 is 0 Å². The summed E-state index contributed by atoms with van der Waals surface area (Å²) in [6.45, 7) is 11.7. The van der Waals surface area contributed by atoms with Crippen LogP contribution in [0.2, 0.25) is 0 Å². The lowest BCUT2D eigenvalue weighted by Crippen LogP contribution is -2.26. The first-order chi connectivity index (χ1) is 6.26. The maximum absolute atomic E-state index is 5.36. The summed E-state index contributed by atoms with van der Waals surface area (Å²) in [5.41, 5.74) is -0.174. The summed E-state index contributed by atoms with van der Waals surface area (Å²) in [5.74, 6) is 0.628. The van der Waals surface area contributed by atoms with Gasteiger partial charge in [-0.2, -0.15) is 0 Å². The smallest absolute Gasteiger partial charge is 0.208 e. The van der Waals surface area contributed by atoms with Crippen LogP contribution in [0.5, 0.6) is 0 Å². The average molecular weight is 177 g/mol. The quantitative estimate of drug-likeness (QED) is 0.591. The van der Waals surface area contributed by atoms with E-state index in [4.69, 9.17) is 4.74 Å². The molecular weight excluding hydrogens is 162 g/mol. The van der Waals surface area contributed by atoms with Gasteiger partial charge in [0.25, 0.3) is 0 Å². The maximum atomic E-state index is 5.36. The van der Waals surface area contributed by atoms with Gasteiger partial charge in [0, 0.05) is 0 Å². The van der Waals surface area contributed by atoms with E-state index >= 15 is 0 Å². The molecule has 2 heteroatoms. The van der Waals surface area contributed by atoms with Crippen LogP contribution in [0, 0.1) is 0 Å². The van der Waals surface area contributed by atoms with Gasteiger partial charge in [-0.15, -0.1) is 13.2 Å². The lowest BCUT2D eigenvalue weighted by Gasteiger charge is -2.19. The van der Waals surface area contributed by atoms with Crippen molar-refractivity contribution in [3.05, 3.63) is 38.0 Å². The Morgan fingerprint density at radius 1 is 1.31 bits per heavy atom. The molecule has 0 aromatic heterocycles. The summed E-state index contributed by atoms with van der Waals surface area (Å²) in [7, 11) is 0. The van der Waals surface area contributed by atoms with Crippen LogP contribution in [0.3, 0.4) is 0 Å². The molecule has 0 saturated carbocycles. The van der Waals surface area contributed by atoms with Gasteiger partial charge in [0.2, 0.25) is 5.90 Å². The van der Waals surface area contributed by atoms with E-state index in [-0.39, 0.29) is 5.54 Å². The predicted molar refractivity (Wildman–Crippen MR) is 55.9 cm³/mol. The first kappa shape index (κ1) is 9.78. The fourth-order valence-electron chi connectivity index (χ4n) is 1.44. The van der Waals surface area contributed by atoms with Crippen LogP contribution in [0.1, 0.15) is 12.8 Å². The van der Waals surface area contributed by atoms with Gasteiger partial charge in [-0.05, 0) is 18.9 Å². The van der Waals surface area contributed by atoms with Crippen LogP contribution in [0.4, 0.5) is 0 Å². The van der Waals surface area contributed by atoms with Gasteiger partial charge in [0.05, 0.1) is 0 Å². The molecule has 0 spiro atoms. The molecule has 70 valence electrons. The monoisotopic (exact) mass is 177 g/mol. The Morgan fingerprint density at radius 3 is 2.31 bits per heavy atom. The minimum Gasteiger partial charge on any atom is -0.475 e. The molecule has 1 aliphatic heterocycles. The topological polar surface area (TPSA) is 21.6 Å². The molecule has 0 saturated heterocycles. The van der Waals surface area contributed by atoms with Crippen molar-refractivity contribution in [3.63, 3.8) is 0 Å². The number of ether oxygens (including phenoxy) is 1. The van der Waals surface area contributed by atoms with Crippen molar-refractivity contribution in [2.45, 2.75) is 18.4 Å². The van der Waals surface area contributed by atoms with Gasteiger partial charge in [-0.25, -0.2) is 4.99 Å². The first-order valence-electron chi connectivity index (χ1n) is 4.33. The molecule has 2 nitrogen and oxygen atoms in total. The molecule has 0 unspecified atom stereocenters. The number of hydrogen-bond acceptors (Lipinski definition) is 2. The van der Waals surface area contributed by atoms with Crippen molar-refractivity contribution in [1.29, 1.82) is 0 Å². The molecule has 1 heterocycles. The molecule has 0 amide bonds. The Hall–Kier alpha value is -1.31. The standard InChI is InChI=1S/C11H15NO/c1-4-7-11(8-5-2)9-13-10(6-3)12-11/h4-6H,1-3,7-9H2. The highest BCUT2D eigenvalue weighted by Gasteiger charge is 2.33. The van der Waals surface area contributed by atoms with Crippen molar-refractivity contribution in [2.24, 2.45) is 4.99 Å². The predicted octanol–water partition coefficient (Wildman–Crippen LogP) is 2.49. The van der Waals surface area contributed by atoms with Crippen molar-refractivity contribution in [1.82, 2.24) is 0 Å². The van der Waals surface area contributed by atoms with Crippen LogP contribution in [0.25, 0.3) is 0 Å². The summed E-state index contributed by atoms with van der Waals surface area (Å²) in [5, 5.41) is 0. The molecule has 0 aromatic carbocycles. The first-order valence-corrected chi connectivity index (χ1v) is 4.33. The normalized spacial score (nSPS) is 18.6. The van der Waals surface area contributed by atoms with Crippen molar-refractivity contribution >= 4 is 5.90 Å². The van der Waals surface area contributed by atoms with E-state index in [9.17, 15) is 0 Å². The molecule has 1 rings (SSSR count). The van der Waals surface area contributed by atoms with E-state index in [0.29, 0.717) is 12.5 Å². The van der Waals surface area contributed by atoms with Crippen LogP contribution in [0.15, 0.2) is 43.0 Å². The molecule has 0 bridgehead atoms. The summed E-state index contributed by atoms with van der Waals surface area (Å²) in [6.07, 6.45) is 6.99. The minimum absolute atomic E-state index is 0.174. The van der Waals surface area contributed by atoms with Crippen LogP contribution < -0.4 is 0 Å². The summed E-state index contributed by atoms with van der Waals surface area (Å²) < 4.78 is 5.36. The molecular formula is C11H15NO. The largest absolute Gasteiger partial charge is 0.475 e. The molecule has 0 fully saturated rings. The number of rotatable bonds is 5. The minimum atomic E-state index is -0.174. The number of nitrogens with zero attached hydrogens (tertiary/aromatic N) is 1. The summed E-state index contributed by atoms with van der Waals surface area (Å²) in [4.78, 5) is 4.45. The molecule has 0 aliphatic carbocycles. The van der Waals surface area contributed by atoms with Crippen molar-refractivity contribution in [2.75, 3.05) is 6.61 Å². The van der Waals surface area contributed by atoms with Gasteiger partial charge in [-0.3, -0.25) is 0 Å². The van der Waals surface area contributed by atoms with Crippen LogP contribution in [-0.2, 0) is 4.74 Å². The SMILES string of the molecule is C=CCC1(CC=C)COC(C=C)=N1. The zero-order valence-electron chi connectivity index (χ0n) is 7.83. The van der Waals surface area contributed by atoms with Gasteiger partial charge < -0.3 is 4.74 Å². The summed E-state index contributed by atoms with van der Waals surface area (Å²) in [6, 6.07) is 0. The highest BCUT2D eigenvalue weighted by atomic mass is 16.5. The highest BCUT2D eigenvalue weighted by molar-refractivity contribution is 5.88. The van der Waals surface area contributed by atoms with Gasteiger partial charge in [0.1, 0.15) is 12.1 Å². The van der Waals surface area contributed by atoms with Crippen LogP contribution >= 0.6 is 0 Å². The van der Waals surface area contributed by atoms with E-state index in [1.807, 2.05) is 12.2 Å². The van der Waals surface area contributed by atoms with E-state index < -0.39 is 0 Å². The zero-order chi connectivity index (χ0) is 9.73. The van der Waals surface area contributed by atoms with Crippen molar-refractivity contribution in [3.8, 4) is 0 Å². The second-order valence-electron chi connectivity index (χ2n) is 3.15. The number of hydrogen-bond donors (Lipinski definition) is 0. The highest BCUT2D eigenvalue weighted by Crippen LogP contribution is 2.27. The Morgan fingerprint density at radius 2 is 1.92 bits per heavy atom. The summed E-state index contributed by atoms with van der Waals surface area (Å²) >= 11 is 0. The third-order valence-electron chi connectivity index (χ3n) is 2.06. The Kier molecular flexibility index (Phi) is 3.07. The van der Waals surface area contributed by atoms with Crippen LogP contribution in [-0.4, -0.2) is 18.0 Å². The molecule has 0 atom stereocenters. The number of aliphatic imine (C=N–C) groups is 1. The van der Waals surface area contributed by atoms with E-state index in [1.165, 1.54) is 0 Å². The lowest BCUT2D eigenvalue weighted by molar-refractivity contribution is 0.257. The van der Waals surface area contributed by atoms with E-state index in [2.05, 4.69) is 24.7 Å². The molecule has 13 heavy (non-hydrogen) atoms. The molecule has 0 radical (unpaired) electrons. The average Bonchev–Trinajstić information content (AvgIpc) is 2.50. The molecule has 0 N–H and O–H groups in total. The van der Waals surface area contributed by atoms with Gasteiger partial charge in [-0.1, -0.05) is 18.7 Å². The zero-order valence-corrected chi connectivity index (χ0v) is 7.83. The second-order valence-corrected chi connectivity index (χ2v) is 3.15. The van der Waals surface area contributed by atoms with Gasteiger partial charge in [0.15, 0.2) is 0 Å². The fraction of sp³-hybridized carbons (Fsp3) is 0.364. The fourth-order valence-corrected chi connectivity index (χ4v) is 1.44. The maximum Gasteiger partial charge on any atom is 0.208 e. The Labute approximate surface area is 79.3 Å².